The molecule has 0 spiro atoms. The summed E-state index contributed by atoms with van der Waals surface area (Å²) in [7, 11) is 0. The van der Waals surface area contributed by atoms with Crippen molar-refractivity contribution in [3.63, 3.8) is 0 Å². The summed E-state index contributed by atoms with van der Waals surface area (Å²) >= 11 is 5.86. The fraction of sp³-hybridized carbons (Fsp3) is 0.0909. The van der Waals surface area contributed by atoms with Gasteiger partial charge in [0.15, 0.2) is 0 Å². The van der Waals surface area contributed by atoms with Crippen LogP contribution in [0.15, 0.2) is 28.8 Å². The minimum atomic E-state index is -1.23. The third-order valence-corrected chi connectivity index (χ3v) is 2.51. The third-order valence-electron chi connectivity index (χ3n) is 2.15. The van der Waals surface area contributed by atoms with Gasteiger partial charge in [-0.3, -0.25) is 0 Å². The Balaban J connectivity index is 2.49. The minimum absolute atomic E-state index is 0.0244. The van der Waals surface area contributed by atoms with Crippen LogP contribution < -0.4 is 0 Å². The summed E-state index contributed by atoms with van der Waals surface area (Å²) in [5, 5.41) is 12.4. The Morgan fingerprint density at radius 1 is 1.38 bits per heavy atom. The summed E-state index contributed by atoms with van der Waals surface area (Å²) in [4.78, 5) is 10.7. The van der Waals surface area contributed by atoms with E-state index in [9.17, 15) is 4.79 Å². The Hall–Kier alpha value is -1.81. The van der Waals surface area contributed by atoms with Crippen LogP contribution in [-0.4, -0.2) is 16.2 Å². The molecule has 0 amide bonds. The highest BCUT2D eigenvalue weighted by Gasteiger charge is 2.20. The molecule has 0 fully saturated rings. The fourth-order valence-electron chi connectivity index (χ4n) is 1.30. The molecule has 0 saturated heterocycles. The van der Waals surface area contributed by atoms with Crippen molar-refractivity contribution in [2.45, 2.75) is 6.92 Å². The van der Waals surface area contributed by atoms with E-state index < -0.39 is 5.97 Å². The predicted octanol–water partition coefficient (Wildman–Crippen LogP) is 3.00. The number of hydrogen-bond donors (Lipinski definition) is 1. The van der Waals surface area contributed by atoms with Crippen molar-refractivity contribution < 1.29 is 14.4 Å². The average Bonchev–Trinajstić information content (AvgIpc) is 2.61. The van der Waals surface area contributed by atoms with Crippen molar-refractivity contribution in [3.05, 3.63) is 40.6 Å². The summed E-state index contributed by atoms with van der Waals surface area (Å²) in [6.45, 7) is 1.96. The van der Waals surface area contributed by atoms with Crippen LogP contribution >= 0.6 is 11.6 Å². The summed E-state index contributed by atoms with van der Waals surface area (Å²) in [6, 6.07) is 7.40. The number of benzene rings is 1. The molecule has 2 rings (SSSR count). The maximum atomic E-state index is 10.7. The lowest BCUT2D eigenvalue weighted by atomic mass is 10.1. The largest absolute Gasteiger partial charge is 0.475 e. The van der Waals surface area contributed by atoms with Gasteiger partial charge in [-0.1, -0.05) is 46.6 Å². The van der Waals surface area contributed by atoms with E-state index in [-0.39, 0.29) is 10.8 Å². The molecule has 0 saturated carbocycles. The molecule has 0 aliphatic rings. The van der Waals surface area contributed by atoms with Crippen molar-refractivity contribution in [2.24, 2.45) is 0 Å². The van der Waals surface area contributed by atoms with Gasteiger partial charge in [0, 0.05) is 5.56 Å². The molecule has 0 atom stereocenters. The van der Waals surface area contributed by atoms with Crippen molar-refractivity contribution >= 4 is 17.6 Å². The van der Waals surface area contributed by atoms with E-state index >= 15 is 0 Å². The molecule has 0 radical (unpaired) electrons. The Labute approximate surface area is 96.4 Å². The highest BCUT2D eigenvalue weighted by molar-refractivity contribution is 6.35. The number of aryl methyl sites for hydroxylation is 1. The zero-order valence-electron chi connectivity index (χ0n) is 8.40. The zero-order valence-corrected chi connectivity index (χ0v) is 9.15. The second kappa shape index (κ2) is 3.98. The smallest absolute Gasteiger partial charge is 0.376 e. The van der Waals surface area contributed by atoms with Crippen LogP contribution in [-0.2, 0) is 0 Å². The first-order valence-electron chi connectivity index (χ1n) is 4.55. The van der Waals surface area contributed by atoms with Crippen LogP contribution in [0.3, 0.4) is 0 Å². The van der Waals surface area contributed by atoms with E-state index in [1.807, 2.05) is 31.2 Å². The van der Waals surface area contributed by atoms with Crippen LogP contribution in [0, 0.1) is 6.92 Å². The van der Waals surface area contributed by atoms with Crippen LogP contribution in [0.5, 0.6) is 0 Å². The molecule has 1 N–H and O–H groups in total. The van der Waals surface area contributed by atoms with E-state index in [2.05, 4.69) is 9.68 Å². The number of carboxylic acid groups (broad SMARTS) is 1. The molecule has 0 unspecified atom stereocenters. The molecule has 1 aromatic heterocycles. The van der Waals surface area contributed by atoms with Gasteiger partial charge in [-0.25, -0.2) is 4.79 Å². The van der Waals surface area contributed by atoms with Gasteiger partial charge in [0.2, 0.25) is 0 Å². The molecule has 16 heavy (non-hydrogen) atoms. The summed E-state index contributed by atoms with van der Waals surface area (Å²) < 4.78 is 4.66. The van der Waals surface area contributed by atoms with E-state index in [1.54, 1.807) is 0 Å². The lowest BCUT2D eigenvalue weighted by Crippen LogP contribution is -1.93. The van der Waals surface area contributed by atoms with Crippen molar-refractivity contribution in [2.75, 3.05) is 0 Å². The van der Waals surface area contributed by atoms with Gasteiger partial charge >= 0.3 is 5.97 Å². The summed E-state index contributed by atoms with van der Waals surface area (Å²) in [6.07, 6.45) is 0. The Morgan fingerprint density at radius 2 is 2.00 bits per heavy atom. The average molecular weight is 238 g/mol. The lowest BCUT2D eigenvalue weighted by molar-refractivity contribution is 0.0652. The van der Waals surface area contributed by atoms with Gasteiger partial charge in [-0.15, -0.1) is 0 Å². The number of aromatic carboxylic acids is 1. The molecule has 0 aliphatic carbocycles. The molecule has 5 heteroatoms. The van der Waals surface area contributed by atoms with Crippen LogP contribution in [0.25, 0.3) is 11.3 Å². The number of halogens is 1. The van der Waals surface area contributed by atoms with Crippen molar-refractivity contribution in [1.82, 2.24) is 5.16 Å². The molecule has 0 bridgehead atoms. The van der Waals surface area contributed by atoms with Crippen LogP contribution in [0.4, 0.5) is 0 Å². The number of carboxylic acids is 1. The zero-order chi connectivity index (χ0) is 11.7. The first kappa shape index (κ1) is 10.7. The van der Waals surface area contributed by atoms with Gasteiger partial charge in [-0.2, -0.15) is 0 Å². The first-order chi connectivity index (χ1) is 7.59. The van der Waals surface area contributed by atoms with Crippen LogP contribution in [0.2, 0.25) is 5.02 Å². The summed E-state index contributed by atoms with van der Waals surface area (Å²) in [5.41, 5.74) is 2.17. The number of carbonyl (C=O) groups is 1. The second-order valence-electron chi connectivity index (χ2n) is 3.35. The first-order valence-corrected chi connectivity index (χ1v) is 4.93. The molecule has 1 aromatic carbocycles. The van der Waals surface area contributed by atoms with Crippen LogP contribution in [0.1, 0.15) is 16.1 Å². The van der Waals surface area contributed by atoms with E-state index in [0.717, 1.165) is 11.1 Å². The monoisotopic (exact) mass is 237 g/mol. The van der Waals surface area contributed by atoms with Gasteiger partial charge < -0.3 is 9.63 Å². The molecule has 1 heterocycles. The molecular formula is C11H8ClNO3. The van der Waals surface area contributed by atoms with E-state index in [1.165, 1.54) is 0 Å². The predicted molar refractivity (Wildman–Crippen MR) is 58.6 cm³/mol. The maximum Gasteiger partial charge on any atom is 0.376 e. The molecule has 4 nitrogen and oxygen atoms in total. The molecule has 82 valence electrons. The third kappa shape index (κ3) is 1.79. The highest BCUT2D eigenvalue weighted by atomic mass is 35.5. The molecule has 0 aliphatic heterocycles. The Kier molecular flexibility index (Phi) is 2.66. The normalized spacial score (nSPS) is 10.4. The topological polar surface area (TPSA) is 63.3 Å². The van der Waals surface area contributed by atoms with E-state index in [4.69, 9.17) is 16.7 Å². The quantitative estimate of drug-likeness (QED) is 0.872. The SMILES string of the molecule is Cc1ccc(-c2noc(C(=O)O)c2Cl)cc1. The Morgan fingerprint density at radius 3 is 2.50 bits per heavy atom. The van der Waals surface area contributed by atoms with Gasteiger partial charge in [0.25, 0.3) is 5.76 Å². The van der Waals surface area contributed by atoms with Gasteiger partial charge in [-0.05, 0) is 6.92 Å². The standard InChI is InChI=1S/C11H8ClNO3/c1-6-2-4-7(5-3-6)9-8(12)10(11(14)15)16-13-9/h2-5H,1H3,(H,14,15). The van der Waals surface area contributed by atoms with Gasteiger partial charge in [0.05, 0.1) is 0 Å². The van der Waals surface area contributed by atoms with E-state index in [0.29, 0.717) is 5.69 Å². The number of nitrogens with zero attached hydrogens (tertiary/aromatic N) is 1. The number of rotatable bonds is 2. The fourth-order valence-corrected chi connectivity index (χ4v) is 1.56. The van der Waals surface area contributed by atoms with Crippen molar-refractivity contribution in [3.8, 4) is 11.3 Å². The second-order valence-corrected chi connectivity index (χ2v) is 3.72. The summed E-state index contributed by atoms with van der Waals surface area (Å²) in [5.74, 6) is -1.56. The Bertz CT molecular complexity index is 531. The lowest BCUT2D eigenvalue weighted by Gasteiger charge is -1.96. The van der Waals surface area contributed by atoms with Gasteiger partial charge in [0.1, 0.15) is 10.7 Å². The minimum Gasteiger partial charge on any atom is -0.475 e. The highest BCUT2D eigenvalue weighted by Crippen LogP contribution is 2.29. The molecular weight excluding hydrogens is 230 g/mol. The molecule has 2 aromatic rings. The number of hydrogen-bond acceptors (Lipinski definition) is 3. The van der Waals surface area contributed by atoms with Crippen molar-refractivity contribution in [1.29, 1.82) is 0 Å². The number of aromatic nitrogens is 1. The maximum absolute atomic E-state index is 10.7.